The van der Waals surface area contributed by atoms with Gasteiger partial charge in [-0.05, 0) is 42.0 Å². The number of halogens is 7. The van der Waals surface area contributed by atoms with E-state index >= 15 is 0 Å². The monoisotopic (exact) mass is 460 g/mol. The molecule has 0 fully saturated rings. The quantitative estimate of drug-likeness (QED) is 0.265. The van der Waals surface area contributed by atoms with Crippen LogP contribution in [-0.4, -0.2) is 17.2 Å². The molecule has 0 aliphatic carbocycles. The Labute approximate surface area is 176 Å². The number of hydrogen-bond donors (Lipinski definition) is 1. The Morgan fingerprint density at radius 2 is 1.66 bits per heavy atom. The average Bonchev–Trinajstić information content (AvgIpc) is 3.04. The molecular formula is C21H15F7N2O2. The van der Waals surface area contributed by atoms with Gasteiger partial charge in [0.25, 0.3) is 0 Å². The molecule has 0 aliphatic rings. The highest BCUT2D eigenvalue weighted by Gasteiger charge is 2.37. The molecule has 0 saturated carbocycles. The fourth-order valence-electron chi connectivity index (χ4n) is 3.10. The summed E-state index contributed by atoms with van der Waals surface area (Å²) >= 11 is 0. The summed E-state index contributed by atoms with van der Waals surface area (Å²) in [7, 11) is 0. The number of nitrogens with one attached hydrogen (secondary N) is 1. The summed E-state index contributed by atoms with van der Waals surface area (Å²) in [6, 6.07) is 3.24. The van der Waals surface area contributed by atoms with Gasteiger partial charge in [0.05, 0.1) is 29.5 Å². The molecule has 1 heterocycles. The number of rotatable bonds is 5. The van der Waals surface area contributed by atoms with E-state index in [9.17, 15) is 35.5 Å². The van der Waals surface area contributed by atoms with Crippen molar-refractivity contribution in [1.82, 2.24) is 4.57 Å². The molecule has 0 atom stereocenters. The molecule has 1 N–H and O–H groups in total. The Morgan fingerprint density at radius 1 is 1.03 bits per heavy atom. The van der Waals surface area contributed by atoms with Crippen LogP contribution in [0.1, 0.15) is 16.7 Å². The molecule has 3 aromatic rings. The van der Waals surface area contributed by atoms with Crippen molar-refractivity contribution in [3.8, 4) is 0 Å². The van der Waals surface area contributed by atoms with Crippen molar-refractivity contribution in [3.63, 3.8) is 0 Å². The number of anilines is 1. The molecule has 1 aromatic heterocycles. The van der Waals surface area contributed by atoms with Crippen LogP contribution in [0.15, 0.2) is 55.4 Å². The standard InChI is InChI=1S/C21H15F7N2O2/c1-2-32-6-5-12-11-30(18-4-3-15(22)10-17(12)18)19(31)29-16-8-13(20(23,24)25)7-14(9-16)21(26,27)28/h2-4,7-11H,1,5-6H2,(H,29,31). The number of carbonyl (C=O) groups is 1. The lowest BCUT2D eigenvalue weighted by molar-refractivity contribution is -0.143. The summed E-state index contributed by atoms with van der Waals surface area (Å²) in [6.07, 6.45) is -7.37. The van der Waals surface area contributed by atoms with Crippen molar-refractivity contribution < 1.29 is 40.3 Å². The van der Waals surface area contributed by atoms with Gasteiger partial charge in [-0.15, -0.1) is 0 Å². The molecule has 0 radical (unpaired) electrons. The van der Waals surface area contributed by atoms with Crippen LogP contribution < -0.4 is 5.32 Å². The van der Waals surface area contributed by atoms with E-state index in [0.717, 1.165) is 16.7 Å². The van der Waals surface area contributed by atoms with Crippen LogP contribution in [0.25, 0.3) is 10.9 Å². The van der Waals surface area contributed by atoms with Gasteiger partial charge in [-0.2, -0.15) is 26.3 Å². The zero-order chi connectivity index (χ0) is 23.7. The van der Waals surface area contributed by atoms with Crippen molar-refractivity contribution in [2.75, 3.05) is 11.9 Å². The topological polar surface area (TPSA) is 43.3 Å². The molecule has 1 amide bonds. The van der Waals surface area contributed by atoms with Gasteiger partial charge in [0, 0.05) is 23.7 Å². The SMILES string of the molecule is C=COCCc1cn(C(=O)Nc2cc(C(F)(F)F)cc(C(F)(F)F)c2)c2ccc(F)cc12. The normalized spacial score (nSPS) is 12.1. The van der Waals surface area contributed by atoms with Crippen LogP contribution in [0.5, 0.6) is 0 Å². The Hall–Kier alpha value is -3.50. The van der Waals surface area contributed by atoms with Crippen molar-refractivity contribution in [2.45, 2.75) is 18.8 Å². The minimum Gasteiger partial charge on any atom is -0.501 e. The molecule has 2 aromatic carbocycles. The first-order valence-corrected chi connectivity index (χ1v) is 9.03. The lowest BCUT2D eigenvalue weighted by Gasteiger charge is -2.15. The maximum Gasteiger partial charge on any atom is 0.416 e. The van der Waals surface area contributed by atoms with E-state index in [1.807, 2.05) is 0 Å². The van der Waals surface area contributed by atoms with E-state index in [4.69, 9.17) is 4.74 Å². The molecule has 3 rings (SSSR count). The van der Waals surface area contributed by atoms with Crippen LogP contribution in [0.2, 0.25) is 0 Å². The molecule has 11 heteroatoms. The van der Waals surface area contributed by atoms with Gasteiger partial charge in [0.15, 0.2) is 0 Å². The molecule has 4 nitrogen and oxygen atoms in total. The highest BCUT2D eigenvalue weighted by molar-refractivity contribution is 5.99. The van der Waals surface area contributed by atoms with Crippen molar-refractivity contribution in [2.24, 2.45) is 0 Å². The summed E-state index contributed by atoms with van der Waals surface area (Å²) in [5.41, 5.74) is -3.14. The molecule has 0 saturated heterocycles. The maximum atomic E-state index is 13.7. The molecule has 0 aliphatic heterocycles. The molecule has 0 unspecified atom stereocenters. The number of ether oxygens (including phenoxy) is 1. The summed E-state index contributed by atoms with van der Waals surface area (Å²) in [5.74, 6) is -0.589. The largest absolute Gasteiger partial charge is 0.501 e. The van der Waals surface area contributed by atoms with Gasteiger partial charge >= 0.3 is 18.4 Å². The zero-order valence-electron chi connectivity index (χ0n) is 16.1. The number of hydrogen-bond acceptors (Lipinski definition) is 2. The Morgan fingerprint density at radius 3 is 2.22 bits per heavy atom. The van der Waals surface area contributed by atoms with E-state index in [1.165, 1.54) is 18.5 Å². The Kier molecular flexibility index (Phi) is 6.20. The van der Waals surface area contributed by atoms with Crippen LogP contribution in [0.3, 0.4) is 0 Å². The second-order valence-corrected chi connectivity index (χ2v) is 6.70. The third-order valence-electron chi connectivity index (χ3n) is 4.51. The number of benzene rings is 2. The molecule has 0 bridgehead atoms. The van der Waals surface area contributed by atoms with Crippen molar-refractivity contribution >= 4 is 22.6 Å². The van der Waals surface area contributed by atoms with Crippen molar-refractivity contribution in [3.05, 3.63) is 77.9 Å². The summed E-state index contributed by atoms with van der Waals surface area (Å²) in [5, 5.41) is 2.39. The number of amides is 1. The van der Waals surface area contributed by atoms with Gasteiger partial charge in [0.2, 0.25) is 0 Å². The fraction of sp³-hybridized carbons (Fsp3) is 0.190. The fourth-order valence-corrected chi connectivity index (χ4v) is 3.10. The third-order valence-corrected chi connectivity index (χ3v) is 4.51. The lowest BCUT2D eigenvalue weighted by Crippen LogP contribution is -2.20. The van der Waals surface area contributed by atoms with E-state index in [1.54, 1.807) is 0 Å². The van der Waals surface area contributed by atoms with E-state index in [2.05, 4.69) is 11.9 Å². The van der Waals surface area contributed by atoms with Gasteiger partial charge < -0.3 is 10.1 Å². The van der Waals surface area contributed by atoms with Crippen LogP contribution >= 0.6 is 0 Å². The maximum absolute atomic E-state index is 13.7. The van der Waals surface area contributed by atoms with E-state index in [-0.39, 0.29) is 24.6 Å². The van der Waals surface area contributed by atoms with Gasteiger partial charge in [0.1, 0.15) is 5.82 Å². The molecule has 32 heavy (non-hydrogen) atoms. The summed E-state index contributed by atoms with van der Waals surface area (Å²) in [4.78, 5) is 12.7. The first kappa shape index (κ1) is 23.2. The van der Waals surface area contributed by atoms with Crippen LogP contribution in [-0.2, 0) is 23.5 Å². The van der Waals surface area contributed by atoms with Gasteiger partial charge in [-0.1, -0.05) is 6.58 Å². The highest BCUT2D eigenvalue weighted by Crippen LogP contribution is 2.37. The number of carbonyl (C=O) groups excluding carboxylic acids is 1. The van der Waals surface area contributed by atoms with E-state index < -0.39 is 41.0 Å². The molecule has 170 valence electrons. The first-order chi connectivity index (χ1) is 14.9. The lowest BCUT2D eigenvalue weighted by atomic mass is 10.1. The first-order valence-electron chi connectivity index (χ1n) is 9.03. The molecular weight excluding hydrogens is 445 g/mol. The average molecular weight is 460 g/mol. The molecule has 0 spiro atoms. The minimum absolute atomic E-state index is 0.0405. The summed E-state index contributed by atoms with van der Waals surface area (Å²) in [6.45, 7) is 3.54. The van der Waals surface area contributed by atoms with Crippen molar-refractivity contribution in [1.29, 1.82) is 0 Å². The summed E-state index contributed by atoms with van der Waals surface area (Å²) < 4.78 is 98.0. The second-order valence-electron chi connectivity index (χ2n) is 6.70. The number of fused-ring (bicyclic) bond motifs is 1. The van der Waals surface area contributed by atoms with Gasteiger partial charge in [-0.25, -0.2) is 9.18 Å². The Balaban J connectivity index is 2.01. The van der Waals surface area contributed by atoms with E-state index in [0.29, 0.717) is 23.1 Å². The van der Waals surface area contributed by atoms with Gasteiger partial charge in [-0.3, -0.25) is 4.57 Å². The second kappa shape index (κ2) is 8.56. The predicted molar refractivity (Wildman–Crippen MR) is 103 cm³/mol. The Bertz CT molecular complexity index is 1130. The zero-order valence-corrected chi connectivity index (χ0v) is 16.1. The smallest absolute Gasteiger partial charge is 0.416 e. The van der Waals surface area contributed by atoms with Crippen LogP contribution in [0, 0.1) is 5.82 Å². The number of alkyl halides is 6. The highest BCUT2D eigenvalue weighted by atomic mass is 19.4. The predicted octanol–water partition coefficient (Wildman–Crippen LogP) is 6.60. The number of aromatic nitrogens is 1. The number of nitrogens with zero attached hydrogens (tertiary/aromatic N) is 1. The third kappa shape index (κ3) is 5.04. The van der Waals surface area contributed by atoms with Crippen LogP contribution in [0.4, 0.5) is 41.2 Å². The minimum atomic E-state index is -5.06.